The largest absolute Gasteiger partial charge is 0.342 e. The second kappa shape index (κ2) is 10.1. The van der Waals surface area contributed by atoms with Crippen molar-refractivity contribution in [3.63, 3.8) is 0 Å². The van der Waals surface area contributed by atoms with Gasteiger partial charge in [-0.1, -0.05) is 23.3 Å². The molecule has 0 atom stereocenters. The Morgan fingerprint density at radius 2 is 2.00 bits per heavy atom. The zero-order valence-corrected chi connectivity index (χ0v) is 16.9. The number of likely N-dealkylation sites (tertiary alicyclic amines) is 1. The quantitative estimate of drug-likeness (QED) is 0.649. The number of carbonyl (C=O) groups is 2. The van der Waals surface area contributed by atoms with Crippen molar-refractivity contribution in [2.75, 3.05) is 18.4 Å². The molecule has 2 amide bonds. The summed E-state index contributed by atoms with van der Waals surface area (Å²) in [6, 6.07) is 4.17. The molecule has 1 aliphatic carbocycles. The monoisotopic (exact) mass is 406 g/mol. The van der Waals surface area contributed by atoms with Gasteiger partial charge in [-0.05, 0) is 69.1 Å². The smallest absolute Gasteiger partial charge is 0.226 e. The summed E-state index contributed by atoms with van der Waals surface area (Å²) in [7, 11) is 0. The van der Waals surface area contributed by atoms with Gasteiger partial charge in [0.1, 0.15) is 5.82 Å². The van der Waals surface area contributed by atoms with Crippen molar-refractivity contribution in [3.8, 4) is 0 Å². The molecule has 1 saturated heterocycles. The molecular weight excluding hydrogens is 379 g/mol. The first-order valence-electron chi connectivity index (χ1n) is 10.2. The molecule has 0 bridgehead atoms. The first-order chi connectivity index (χ1) is 13.5. The van der Waals surface area contributed by atoms with E-state index in [1.54, 1.807) is 0 Å². The van der Waals surface area contributed by atoms with Crippen molar-refractivity contribution >= 4 is 29.1 Å². The Kier molecular flexibility index (Phi) is 7.49. The summed E-state index contributed by atoms with van der Waals surface area (Å²) in [5.74, 6) is 0.115. The van der Waals surface area contributed by atoms with E-state index in [9.17, 15) is 14.0 Å². The molecule has 1 N–H and O–H groups in total. The maximum Gasteiger partial charge on any atom is 0.226 e. The van der Waals surface area contributed by atoms with Crippen LogP contribution in [0.2, 0.25) is 5.02 Å². The van der Waals surface area contributed by atoms with Crippen molar-refractivity contribution in [2.45, 2.75) is 57.8 Å². The van der Waals surface area contributed by atoms with Gasteiger partial charge in [0, 0.05) is 31.6 Å². The van der Waals surface area contributed by atoms with Crippen LogP contribution in [0.5, 0.6) is 0 Å². The van der Waals surface area contributed by atoms with Gasteiger partial charge in [0.25, 0.3) is 0 Å². The zero-order chi connectivity index (χ0) is 19.9. The number of hydrogen-bond acceptors (Lipinski definition) is 2. The highest BCUT2D eigenvalue weighted by atomic mass is 35.5. The predicted molar refractivity (Wildman–Crippen MR) is 110 cm³/mol. The molecule has 0 radical (unpaired) electrons. The molecule has 1 aliphatic heterocycles. The molecule has 0 spiro atoms. The van der Waals surface area contributed by atoms with Crippen LogP contribution in [0.3, 0.4) is 0 Å². The Bertz CT molecular complexity index is 742. The van der Waals surface area contributed by atoms with E-state index in [4.69, 9.17) is 11.6 Å². The standard InChI is InChI=1S/C22H28ClFN2O2/c23-19-15-18(7-8-20(19)24)25-21(27)9-6-16-10-12-26(13-11-16)22(28)14-17-4-2-1-3-5-17/h4,7-8,15-16H,1-3,5-6,9-14H2,(H,25,27). The van der Waals surface area contributed by atoms with Crippen molar-refractivity contribution < 1.29 is 14.0 Å². The molecule has 1 aromatic rings. The third-order valence-corrected chi connectivity index (χ3v) is 6.00. The summed E-state index contributed by atoms with van der Waals surface area (Å²) < 4.78 is 13.2. The van der Waals surface area contributed by atoms with Crippen LogP contribution in [0.25, 0.3) is 0 Å². The third kappa shape index (κ3) is 6.06. The number of rotatable bonds is 6. The molecule has 0 aromatic heterocycles. The van der Waals surface area contributed by atoms with Crippen molar-refractivity contribution in [1.29, 1.82) is 0 Å². The van der Waals surface area contributed by atoms with E-state index in [0.717, 1.165) is 45.2 Å². The van der Waals surface area contributed by atoms with Gasteiger partial charge in [-0.3, -0.25) is 9.59 Å². The van der Waals surface area contributed by atoms with Crippen LogP contribution in [-0.4, -0.2) is 29.8 Å². The van der Waals surface area contributed by atoms with Gasteiger partial charge in [-0.2, -0.15) is 0 Å². The van der Waals surface area contributed by atoms with Crippen LogP contribution in [-0.2, 0) is 9.59 Å². The number of anilines is 1. The van der Waals surface area contributed by atoms with Crippen LogP contribution in [0.1, 0.15) is 57.8 Å². The van der Waals surface area contributed by atoms with Gasteiger partial charge in [-0.25, -0.2) is 4.39 Å². The fourth-order valence-electron chi connectivity index (χ4n) is 3.97. The number of hydrogen-bond donors (Lipinski definition) is 1. The Labute approximate surface area is 171 Å². The van der Waals surface area contributed by atoms with Crippen LogP contribution in [0, 0.1) is 11.7 Å². The molecule has 4 nitrogen and oxygen atoms in total. The van der Waals surface area contributed by atoms with Crippen LogP contribution < -0.4 is 5.32 Å². The van der Waals surface area contributed by atoms with Gasteiger partial charge in [0.2, 0.25) is 11.8 Å². The average molecular weight is 407 g/mol. The van der Waals surface area contributed by atoms with E-state index in [1.807, 2.05) is 4.90 Å². The van der Waals surface area contributed by atoms with E-state index >= 15 is 0 Å². The summed E-state index contributed by atoms with van der Waals surface area (Å²) in [5, 5.41) is 2.76. The van der Waals surface area contributed by atoms with E-state index in [2.05, 4.69) is 11.4 Å². The number of halogens is 2. The maximum atomic E-state index is 13.2. The summed E-state index contributed by atoms with van der Waals surface area (Å²) in [5.41, 5.74) is 1.81. The first-order valence-corrected chi connectivity index (χ1v) is 10.6. The summed E-state index contributed by atoms with van der Waals surface area (Å²) in [6.45, 7) is 1.57. The van der Waals surface area contributed by atoms with E-state index < -0.39 is 5.82 Å². The number of amides is 2. The van der Waals surface area contributed by atoms with Crippen molar-refractivity contribution in [2.24, 2.45) is 5.92 Å². The molecule has 6 heteroatoms. The number of allylic oxidation sites excluding steroid dienone is 1. The summed E-state index contributed by atoms with van der Waals surface area (Å²) in [4.78, 5) is 26.6. The van der Waals surface area contributed by atoms with E-state index in [0.29, 0.717) is 24.4 Å². The minimum atomic E-state index is -0.499. The Morgan fingerprint density at radius 3 is 2.68 bits per heavy atom. The van der Waals surface area contributed by atoms with E-state index in [-0.39, 0.29) is 16.8 Å². The van der Waals surface area contributed by atoms with E-state index in [1.165, 1.54) is 36.6 Å². The lowest BCUT2D eigenvalue weighted by molar-refractivity contribution is -0.132. The number of benzene rings is 1. The molecule has 152 valence electrons. The molecule has 0 unspecified atom stereocenters. The topological polar surface area (TPSA) is 49.4 Å². The highest BCUT2D eigenvalue weighted by Crippen LogP contribution is 2.26. The molecule has 1 heterocycles. The average Bonchev–Trinajstić information content (AvgIpc) is 2.70. The molecule has 2 aliphatic rings. The summed E-state index contributed by atoms with van der Waals surface area (Å²) >= 11 is 5.73. The van der Waals surface area contributed by atoms with Crippen LogP contribution in [0.4, 0.5) is 10.1 Å². The highest BCUT2D eigenvalue weighted by molar-refractivity contribution is 6.31. The number of carbonyl (C=O) groups excluding carboxylic acids is 2. The fraction of sp³-hybridized carbons (Fsp3) is 0.545. The summed E-state index contributed by atoms with van der Waals surface area (Å²) in [6.07, 6.45) is 10.5. The number of nitrogens with one attached hydrogen (secondary N) is 1. The van der Waals surface area contributed by atoms with Gasteiger partial charge >= 0.3 is 0 Å². The second-order valence-electron chi connectivity index (χ2n) is 7.82. The Morgan fingerprint density at radius 1 is 1.21 bits per heavy atom. The first kappa shape index (κ1) is 20.8. The lowest BCUT2D eigenvalue weighted by Crippen LogP contribution is -2.38. The normalized spacial score (nSPS) is 17.9. The Balaban J connectivity index is 1.36. The lowest BCUT2D eigenvalue weighted by Gasteiger charge is -2.32. The number of piperidine rings is 1. The number of nitrogens with zero attached hydrogens (tertiary/aromatic N) is 1. The van der Waals surface area contributed by atoms with Crippen molar-refractivity contribution in [3.05, 3.63) is 40.7 Å². The van der Waals surface area contributed by atoms with Gasteiger partial charge < -0.3 is 10.2 Å². The third-order valence-electron chi connectivity index (χ3n) is 5.71. The highest BCUT2D eigenvalue weighted by Gasteiger charge is 2.24. The minimum Gasteiger partial charge on any atom is -0.342 e. The molecule has 3 rings (SSSR count). The van der Waals surface area contributed by atoms with Gasteiger partial charge in [-0.15, -0.1) is 0 Å². The molecule has 0 saturated carbocycles. The molecular formula is C22H28ClFN2O2. The maximum absolute atomic E-state index is 13.2. The van der Waals surface area contributed by atoms with Crippen LogP contribution >= 0.6 is 11.6 Å². The van der Waals surface area contributed by atoms with Crippen molar-refractivity contribution in [1.82, 2.24) is 4.90 Å². The predicted octanol–water partition coefficient (Wildman–Crippen LogP) is 5.33. The minimum absolute atomic E-state index is 0.00108. The Hall–Kier alpha value is -1.88. The lowest BCUT2D eigenvalue weighted by atomic mass is 9.91. The SMILES string of the molecule is O=C(CCC1CCN(C(=O)CC2=CCCCC2)CC1)Nc1ccc(F)c(Cl)c1. The molecule has 1 fully saturated rings. The van der Waals surface area contributed by atoms with Gasteiger partial charge in [0.15, 0.2) is 0 Å². The zero-order valence-electron chi connectivity index (χ0n) is 16.2. The van der Waals surface area contributed by atoms with Crippen LogP contribution in [0.15, 0.2) is 29.8 Å². The fourth-order valence-corrected chi connectivity index (χ4v) is 4.16. The second-order valence-corrected chi connectivity index (χ2v) is 8.23. The molecule has 28 heavy (non-hydrogen) atoms. The molecule has 1 aromatic carbocycles. The van der Waals surface area contributed by atoms with Gasteiger partial charge in [0.05, 0.1) is 5.02 Å².